The summed E-state index contributed by atoms with van der Waals surface area (Å²) in [6.45, 7) is 0. The van der Waals surface area contributed by atoms with Gasteiger partial charge in [0.1, 0.15) is 0 Å². The van der Waals surface area contributed by atoms with Gasteiger partial charge in [-0.3, -0.25) is 0 Å². The second-order valence-corrected chi connectivity index (χ2v) is 9.10. The lowest BCUT2D eigenvalue weighted by atomic mass is 10.0. The zero-order valence-corrected chi connectivity index (χ0v) is 19.3. The predicted molar refractivity (Wildman–Crippen MR) is 133 cm³/mol. The summed E-state index contributed by atoms with van der Waals surface area (Å²) in [5.41, 5.74) is 5.51. The van der Waals surface area contributed by atoms with Crippen LogP contribution >= 0.6 is 22.7 Å². The monoisotopic (exact) mass is 459 g/mol. The normalized spacial score (nSPS) is 10.9. The van der Waals surface area contributed by atoms with Gasteiger partial charge in [0.15, 0.2) is 21.8 Å². The maximum Gasteiger partial charge on any atom is 0.190 e. The smallest absolute Gasteiger partial charge is 0.190 e. The summed E-state index contributed by atoms with van der Waals surface area (Å²) in [5, 5.41) is 7.00. The molecule has 32 heavy (non-hydrogen) atoms. The quantitative estimate of drug-likeness (QED) is 0.291. The molecular weight excluding hydrogens is 438 g/mol. The van der Waals surface area contributed by atoms with Crippen LogP contribution in [0.1, 0.15) is 11.1 Å². The molecule has 0 radical (unpaired) electrons. The van der Waals surface area contributed by atoms with E-state index in [0.717, 1.165) is 38.2 Å². The summed E-state index contributed by atoms with van der Waals surface area (Å²) in [6.07, 6.45) is 0.929. The van der Waals surface area contributed by atoms with Crippen molar-refractivity contribution in [3.05, 3.63) is 83.2 Å². The van der Waals surface area contributed by atoms with Crippen LogP contribution in [0.25, 0.3) is 21.5 Å². The van der Waals surface area contributed by atoms with Crippen LogP contribution in [0, 0.1) is 0 Å². The lowest BCUT2D eigenvalue weighted by molar-refractivity contribution is 0.356. The highest BCUT2D eigenvalue weighted by Gasteiger charge is 2.12. The number of methoxy groups -OCH3 is 2. The van der Waals surface area contributed by atoms with E-state index in [-0.39, 0.29) is 0 Å². The molecule has 5 rings (SSSR count). The molecule has 0 aliphatic carbocycles. The van der Waals surface area contributed by atoms with Crippen molar-refractivity contribution in [3.63, 3.8) is 0 Å². The van der Waals surface area contributed by atoms with Crippen molar-refractivity contribution >= 4 is 43.2 Å². The summed E-state index contributed by atoms with van der Waals surface area (Å²) in [6, 6.07) is 22.9. The van der Waals surface area contributed by atoms with Crippen LogP contribution in [-0.4, -0.2) is 24.2 Å². The Labute approximate surface area is 194 Å². The highest BCUT2D eigenvalue weighted by molar-refractivity contribution is 7.22. The third-order valence-corrected chi connectivity index (χ3v) is 6.80. The van der Waals surface area contributed by atoms with Gasteiger partial charge in [0, 0.05) is 23.1 Å². The van der Waals surface area contributed by atoms with Crippen molar-refractivity contribution in [2.24, 2.45) is 0 Å². The number of aromatic nitrogens is 2. The third kappa shape index (κ3) is 4.30. The Balaban J connectivity index is 1.31. The molecule has 160 valence electrons. The third-order valence-electron chi connectivity index (χ3n) is 5.11. The fourth-order valence-corrected chi connectivity index (χ4v) is 5.15. The minimum atomic E-state index is 0.670. The van der Waals surface area contributed by atoms with E-state index in [2.05, 4.69) is 64.2 Å². The molecule has 0 unspecified atom stereocenters. The second-order valence-electron chi connectivity index (χ2n) is 7.22. The SMILES string of the molecule is COc1cc2nc(Nc3nc(-c4ccc(Cc5ccccc5)cc4)cs3)sc2cc1OC. The lowest BCUT2D eigenvalue weighted by Crippen LogP contribution is -1.90. The molecule has 0 atom stereocenters. The first-order chi connectivity index (χ1) is 15.7. The number of thiazole rings is 2. The van der Waals surface area contributed by atoms with Gasteiger partial charge in [0.05, 0.1) is 30.1 Å². The molecule has 0 amide bonds. The van der Waals surface area contributed by atoms with E-state index in [0.29, 0.717) is 11.5 Å². The molecule has 0 saturated heterocycles. The molecule has 0 aliphatic rings. The molecule has 1 N–H and O–H groups in total. The molecule has 0 aliphatic heterocycles. The van der Waals surface area contributed by atoms with E-state index in [1.54, 1.807) is 36.9 Å². The highest BCUT2D eigenvalue weighted by atomic mass is 32.1. The van der Waals surface area contributed by atoms with Crippen molar-refractivity contribution in [1.29, 1.82) is 0 Å². The van der Waals surface area contributed by atoms with E-state index in [1.807, 2.05) is 18.2 Å². The summed E-state index contributed by atoms with van der Waals surface area (Å²) < 4.78 is 11.8. The topological polar surface area (TPSA) is 56.3 Å². The average Bonchev–Trinajstić information content (AvgIpc) is 3.45. The minimum Gasteiger partial charge on any atom is -0.493 e. The zero-order valence-electron chi connectivity index (χ0n) is 17.7. The van der Waals surface area contributed by atoms with Gasteiger partial charge >= 0.3 is 0 Å². The minimum absolute atomic E-state index is 0.670. The maximum atomic E-state index is 5.39. The molecule has 3 aromatic carbocycles. The summed E-state index contributed by atoms with van der Waals surface area (Å²) in [5.74, 6) is 1.37. The fourth-order valence-electron chi connectivity index (χ4n) is 3.49. The van der Waals surface area contributed by atoms with Gasteiger partial charge in [0.2, 0.25) is 0 Å². The van der Waals surface area contributed by atoms with Crippen molar-refractivity contribution in [2.45, 2.75) is 6.42 Å². The molecule has 2 heterocycles. The Hall–Kier alpha value is -3.42. The maximum absolute atomic E-state index is 5.39. The number of benzene rings is 3. The average molecular weight is 460 g/mol. The van der Waals surface area contributed by atoms with E-state index >= 15 is 0 Å². The number of hydrogen-bond acceptors (Lipinski definition) is 7. The van der Waals surface area contributed by atoms with E-state index < -0.39 is 0 Å². The van der Waals surface area contributed by atoms with Gasteiger partial charge in [-0.1, -0.05) is 65.9 Å². The van der Waals surface area contributed by atoms with Crippen LogP contribution in [0.5, 0.6) is 11.5 Å². The van der Waals surface area contributed by atoms with Crippen molar-refractivity contribution in [2.75, 3.05) is 19.5 Å². The zero-order chi connectivity index (χ0) is 21.9. The number of fused-ring (bicyclic) bond motifs is 1. The molecule has 7 heteroatoms. The largest absolute Gasteiger partial charge is 0.493 e. The molecule has 0 bridgehead atoms. The molecular formula is C25H21N3O2S2. The number of rotatable bonds is 7. The molecule has 0 fully saturated rings. The van der Waals surface area contributed by atoms with Gasteiger partial charge in [-0.25, -0.2) is 9.97 Å². The first kappa shape index (κ1) is 20.5. The Morgan fingerprint density at radius 1 is 0.812 bits per heavy atom. The van der Waals surface area contributed by atoms with Crippen LogP contribution in [-0.2, 0) is 6.42 Å². The highest BCUT2D eigenvalue weighted by Crippen LogP contribution is 2.37. The Morgan fingerprint density at radius 2 is 1.53 bits per heavy atom. The molecule has 0 spiro atoms. The van der Waals surface area contributed by atoms with Crippen LogP contribution < -0.4 is 14.8 Å². The molecule has 2 aromatic heterocycles. The molecule has 5 nitrogen and oxygen atoms in total. The fraction of sp³-hybridized carbons (Fsp3) is 0.120. The van der Waals surface area contributed by atoms with Crippen LogP contribution in [0.2, 0.25) is 0 Å². The van der Waals surface area contributed by atoms with Crippen molar-refractivity contribution < 1.29 is 9.47 Å². The van der Waals surface area contributed by atoms with Gasteiger partial charge in [-0.05, 0) is 17.5 Å². The van der Waals surface area contributed by atoms with Gasteiger partial charge in [-0.15, -0.1) is 11.3 Å². The first-order valence-corrected chi connectivity index (χ1v) is 11.8. The molecule has 5 aromatic rings. The summed E-state index contributed by atoms with van der Waals surface area (Å²) in [7, 11) is 3.26. The number of hydrogen-bond donors (Lipinski definition) is 1. The van der Waals surface area contributed by atoms with E-state index in [1.165, 1.54) is 11.1 Å². The standard InChI is InChI=1S/C25H21N3O2S2/c1-29-21-13-19-23(14-22(21)30-2)32-25(26-19)28-24-27-20(15-31-24)18-10-8-17(9-11-18)12-16-6-4-3-5-7-16/h3-11,13-15H,12H2,1-2H3,(H,26,27,28). The first-order valence-electron chi connectivity index (χ1n) is 10.1. The Kier molecular flexibility index (Phi) is 5.75. The second kappa shape index (κ2) is 8.98. The van der Waals surface area contributed by atoms with Gasteiger partial charge < -0.3 is 14.8 Å². The summed E-state index contributed by atoms with van der Waals surface area (Å²) >= 11 is 3.12. The number of ether oxygens (including phenoxy) is 2. The van der Waals surface area contributed by atoms with E-state index in [9.17, 15) is 0 Å². The van der Waals surface area contributed by atoms with Crippen LogP contribution in [0.15, 0.2) is 72.1 Å². The van der Waals surface area contributed by atoms with Crippen molar-refractivity contribution in [1.82, 2.24) is 9.97 Å². The Morgan fingerprint density at radius 3 is 2.28 bits per heavy atom. The number of nitrogens with one attached hydrogen (secondary N) is 1. The van der Waals surface area contributed by atoms with Crippen molar-refractivity contribution in [3.8, 4) is 22.8 Å². The predicted octanol–water partition coefficient (Wildman–Crippen LogP) is 6.77. The molecule has 0 saturated carbocycles. The van der Waals surface area contributed by atoms with Gasteiger partial charge in [-0.2, -0.15) is 0 Å². The summed E-state index contributed by atoms with van der Waals surface area (Å²) in [4.78, 5) is 9.42. The van der Waals surface area contributed by atoms with Crippen LogP contribution in [0.3, 0.4) is 0 Å². The number of anilines is 2. The lowest BCUT2D eigenvalue weighted by Gasteiger charge is -2.05. The van der Waals surface area contributed by atoms with E-state index in [4.69, 9.17) is 14.5 Å². The van der Waals surface area contributed by atoms with Crippen LogP contribution in [0.4, 0.5) is 10.3 Å². The number of nitrogens with zero attached hydrogens (tertiary/aromatic N) is 2. The Bertz CT molecular complexity index is 1300. The van der Waals surface area contributed by atoms with Gasteiger partial charge in [0.25, 0.3) is 0 Å².